The summed E-state index contributed by atoms with van der Waals surface area (Å²) < 4.78 is 43.7. The van der Waals surface area contributed by atoms with Crippen LogP contribution in [0.2, 0.25) is 0 Å². The van der Waals surface area contributed by atoms with Gasteiger partial charge in [-0.1, -0.05) is 6.08 Å². The molecule has 1 saturated heterocycles. The molecule has 13 nitrogen and oxygen atoms in total. The van der Waals surface area contributed by atoms with Crippen LogP contribution in [0.4, 0.5) is 0 Å². The first kappa shape index (κ1) is 27.9. The Morgan fingerprint density at radius 2 is 1.57 bits per heavy atom. The van der Waals surface area contributed by atoms with Gasteiger partial charge in [0.25, 0.3) is 0 Å². The molecule has 3 heterocycles. The molecule has 1 fully saturated rings. The maximum atomic E-state index is 12.1. The topological polar surface area (TPSA) is 159 Å². The quantitative estimate of drug-likeness (QED) is 0.247. The highest BCUT2D eigenvalue weighted by Gasteiger charge is 2.54. The Hall–Kier alpha value is -3.71. The Kier molecular flexibility index (Phi) is 9.05. The van der Waals surface area contributed by atoms with E-state index in [0.717, 1.165) is 20.8 Å². The second kappa shape index (κ2) is 12.0. The number of carbonyl (C=O) groups excluding carboxylic acids is 5. The van der Waals surface area contributed by atoms with Crippen molar-refractivity contribution in [2.45, 2.75) is 64.7 Å². The van der Waals surface area contributed by atoms with E-state index in [0.29, 0.717) is 5.57 Å². The van der Waals surface area contributed by atoms with Crippen molar-refractivity contribution >= 4 is 29.8 Å². The fourth-order valence-corrected chi connectivity index (χ4v) is 4.10. The zero-order chi connectivity index (χ0) is 27.3. The van der Waals surface area contributed by atoms with Crippen molar-refractivity contribution in [2.24, 2.45) is 5.92 Å². The molecule has 3 rings (SSSR count). The molecule has 37 heavy (non-hydrogen) atoms. The highest BCUT2D eigenvalue weighted by molar-refractivity contribution is 5.94. The van der Waals surface area contributed by atoms with Gasteiger partial charge < -0.3 is 37.9 Å². The lowest BCUT2D eigenvalue weighted by Crippen LogP contribution is -2.63. The largest absolute Gasteiger partial charge is 0.471 e. The highest BCUT2D eigenvalue weighted by atomic mass is 16.8. The molecule has 0 saturated carbocycles. The molecule has 0 radical (unpaired) electrons. The predicted octanol–water partition coefficient (Wildman–Crippen LogP) is 0.612. The van der Waals surface area contributed by atoms with Crippen molar-refractivity contribution in [2.75, 3.05) is 13.2 Å². The summed E-state index contributed by atoms with van der Waals surface area (Å²) in [7, 11) is 0. The summed E-state index contributed by atoms with van der Waals surface area (Å²) in [4.78, 5) is 59.4. The maximum absolute atomic E-state index is 12.1. The minimum absolute atomic E-state index is 0.0433. The lowest BCUT2D eigenvalue weighted by atomic mass is 9.89. The summed E-state index contributed by atoms with van der Waals surface area (Å²) in [5, 5.41) is 0. The first-order chi connectivity index (χ1) is 17.5. The minimum atomic E-state index is -1.46. The number of carbonyl (C=O) groups is 5. The fraction of sp³-hybridized carbons (Fsp3) is 0.542. The molecule has 0 aromatic rings. The molecule has 0 bridgehead atoms. The van der Waals surface area contributed by atoms with Gasteiger partial charge in [-0.15, -0.1) is 6.58 Å². The van der Waals surface area contributed by atoms with Crippen LogP contribution in [0.3, 0.4) is 0 Å². The van der Waals surface area contributed by atoms with Crippen LogP contribution in [0, 0.1) is 5.92 Å². The second-order valence-corrected chi connectivity index (χ2v) is 8.26. The van der Waals surface area contributed by atoms with Gasteiger partial charge in [-0.05, 0) is 11.6 Å². The molecule has 13 heteroatoms. The highest BCUT2D eigenvalue weighted by Crippen LogP contribution is 2.37. The van der Waals surface area contributed by atoms with Crippen molar-refractivity contribution in [3.63, 3.8) is 0 Å². The SMILES string of the molecule is C=C[C@H]1C2=CCOC(=O)C2=CO[C@H]1O[C@@H]1O[C@H](COC(C)=O)[C@@H](OC(C)=O)[C@H](OC(C)=O)[C@H]1OC(C)=O. The van der Waals surface area contributed by atoms with Crippen molar-refractivity contribution in [1.29, 1.82) is 0 Å². The number of hydrogen-bond acceptors (Lipinski definition) is 13. The molecule has 0 amide bonds. The molecule has 0 N–H and O–H groups in total. The Balaban J connectivity index is 1.97. The second-order valence-electron chi connectivity index (χ2n) is 8.26. The summed E-state index contributed by atoms with van der Waals surface area (Å²) >= 11 is 0. The van der Waals surface area contributed by atoms with E-state index in [1.165, 1.54) is 19.3 Å². The van der Waals surface area contributed by atoms with E-state index >= 15 is 0 Å². The van der Waals surface area contributed by atoms with Crippen molar-refractivity contribution in [3.05, 3.63) is 36.1 Å². The zero-order valence-corrected chi connectivity index (χ0v) is 20.7. The molecule has 3 aliphatic heterocycles. The number of esters is 5. The molecule has 0 aromatic carbocycles. The van der Waals surface area contributed by atoms with Gasteiger partial charge in [-0.2, -0.15) is 0 Å². The van der Waals surface area contributed by atoms with Crippen molar-refractivity contribution in [1.82, 2.24) is 0 Å². The third-order valence-electron chi connectivity index (χ3n) is 5.49. The molecule has 202 valence electrons. The molecule has 3 aliphatic rings. The summed E-state index contributed by atoms with van der Waals surface area (Å²) in [6.07, 6.45) is -3.58. The number of rotatable bonds is 8. The monoisotopic (exact) mass is 524 g/mol. The summed E-state index contributed by atoms with van der Waals surface area (Å²) in [6, 6.07) is 0. The third kappa shape index (κ3) is 6.74. The van der Waals surface area contributed by atoms with Gasteiger partial charge in [0.15, 0.2) is 18.3 Å². The van der Waals surface area contributed by atoms with E-state index in [4.69, 9.17) is 37.9 Å². The van der Waals surface area contributed by atoms with Crippen LogP contribution in [-0.2, 0) is 61.9 Å². The Morgan fingerprint density at radius 3 is 2.16 bits per heavy atom. The lowest BCUT2D eigenvalue weighted by molar-refractivity contribution is -0.339. The molecule has 0 aliphatic carbocycles. The molecule has 0 unspecified atom stereocenters. The molecular weight excluding hydrogens is 496 g/mol. The van der Waals surface area contributed by atoms with Gasteiger partial charge in [0.05, 0.1) is 11.5 Å². The lowest BCUT2D eigenvalue weighted by Gasteiger charge is -2.45. The summed E-state index contributed by atoms with van der Waals surface area (Å²) in [5.41, 5.74) is 0.741. The van der Waals surface area contributed by atoms with Crippen LogP contribution in [0.15, 0.2) is 36.1 Å². The van der Waals surface area contributed by atoms with E-state index < -0.39 is 79.4 Å². The maximum Gasteiger partial charge on any atom is 0.341 e. The number of hydrogen-bond donors (Lipinski definition) is 0. The standard InChI is InChI=1S/C24H28O13/c1-6-15-16-7-8-30-22(29)17(16)9-32-23(15)37-24-21(35-14(5)28)20(34-13(4)27)19(33-12(3)26)18(36-24)10-31-11(2)25/h6-7,9,15,18-21,23-24H,1,8,10H2,2-5H3/t15-,18+,19+,20-,21+,23-,24-/m0/s1. The molecule has 0 spiro atoms. The third-order valence-corrected chi connectivity index (χ3v) is 5.49. The zero-order valence-electron chi connectivity index (χ0n) is 20.7. The first-order valence-corrected chi connectivity index (χ1v) is 11.3. The first-order valence-electron chi connectivity index (χ1n) is 11.3. The number of fused-ring (bicyclic) bond motifs is 1. The van der Waals surface area contributed by atoms with E-state index in [1.54, 1.807) is 6.08 Å². The van der Waals surface area contributed by atoms with Gasteiger partial charge in [0.2, 0.25) is 12.6 Å². The van der Waals surface area contributed by atoms with Crippen LogP contribution in [0.5, 0.6) is 0 Å². The minimum Gasteiger partial charge on any atom is -0.471 e. The van der Waals surface area contributed by atoms with Crippen LogP contribution in [-0.4, -0.2) is 80.1 Å². The Bertz CT molecular complexity index is 1010. The number of cyclic esters (lactones) is 1. The molecule has 0 aromatic heterocycles. The van der Waals surface area contributed by atoms with Gasteiger partial charge in [0.1, 0.15) is 25.6 Å². The van der Waals surface area contributed by atoms with Gasteiger partial charge >= 0.3 is 29.8 Å². The van der Waals surface area contributed by atoms with Gasteiger partial charge in [0, 0.05) is 27.7 Å². The fourth-order valence-electron chi connectivity index (χ4n) is 4.10. The Labute approximate surface area is 212 Å². The van der Waals surface area contributed by atoms with E-state index in [1.807, 2.05) is 0 Å². The normalized spacial score (nSPS) is 30.7. The predicted molar refractivity (Wildman–Crippen MR) is 119 cm³/mol. The summed E-state index contributed by atoms with van der Waals surface area (Å²) in [6.45, 7) is 7.93. The van der Waals surface area contributed by atoms with Crippen LogP contribution >= 0.6 is 0 Å². The average Bonchev–Trinajstić information content (AvgIpc) is 2.80. The van der Waals surface area contributed by atoms with E-state index in [2.05, 4.69) is 6.58 Å². The van der Waals surface area contributed by atoms with Crippen LogP contribution in [0.25, 0.3) is 0 Å². The van der Waals surface area contributed by atoms with Crippen molar-refractivity contribution < 1.29 is 61.9 Å². The summed E-state index contributed by atoms with van der Waals surface area (Å²) in [5.74, 6) is -4.19. The Morgan fingerprint density at radius 1 is 0.946 bits per heavy atom. The smallest absolute Gasteiger partial charge is 0.341 e. The molecular formula is C24H28O13. The molecule has 7 atom stereocenters. The van der Waals surface area contributed by atoms with Crippen LogP contribution in [0.1, 0.15) is 27.7 Å². The average molecular weight is 524 g/mol. The van der Waals surface area contributed by atoms with Gasteiger partial charge in [-0.3, -0.25) is 19.2 Å². The van der Waals surface area contributed by atoms with E-state index in [9.17, 15) is 24.0 Å². The van der Waals surface area contributed by atoms with Gasteiger partial charge in [-0.25, -0.2) is 4.79 Å². The van der Waals surface area contributed by atoms with E-state index in [-0.39, 0.29) is 12.2 Å². The van der Waals surface area contributed by atoms with Crippen molar-refractivity contribution in [3.8, 4) is 0 Å². The van der Waals surface area contributed by atoms with Crippen LogP contribution < -0.4 is 0 Å². The number of ether oxygens (including phenoxy) is 8.